The maximum atomic E-state index is 11.5. The van der Waals surface area contributed by atoms with Crippen molar-refractivity contribution in [2.24, 2.45) is 11.0 Å². The molecule has 0 fully saturated rings. The number of carbonyl (C=O) groups excluding carboxylic acids is 1. The molecule has 0 spiro atoms. The number of nitrogens with one attached hydrogen (secondary N) is 3. The van der Waals surface area contributed by atoms with Gasteiger partial charge in [-0.2, -0.15) is 5.10 Å². The van der Waals surface area contributed by atoms with Gasteiger partial charge < -0.3 is 20.5 Å². The minimum Gasteiger partial charge on any atom is -0.491 e. The number of hydrogen-bond donors (Lipinski definition) is 4. The van der Waals surface area contributed by atoms with Crippen LogP contribution in [0.25, 0.3) is 0 Å². The highest BCUT2D eigenvalue weighted by molar-refractivity contribution is 9.10. The average molecular weight is 531 g/mol. The summed E-state index contributed by atoms with van der Waals surface area (Å²) in [6, 6.07) is 14.0. The van der Waals surface area contributed by atoms with Crippen molar-refractivity contribution in [2.45, 2.75) is 52.2 Å². The molecule has 1 heterocycles. The second-order valence-electron chi connectivity index (χ2n) is 9.40. The van der Waals surface area contributed by atoms with E-state index in [9.17, 15) is 9.90 Å². The molecule has 3 rings (SSSR count). The molecule has 4 N–H and O–H groups in total. The highest BCUT2D eigenvalue weighted by Gasteiger charge is 2.22. The molecule has 7 nitrogen and oxygen atoms in total. The van der Waals surface area contributed by atoms with E-state index in [4.69, 9.17) is 4.74 Å². The van der Waals surface area contributed by atoms with Crippen LogP contribution in [0.5, 0.6) is 5.75 Å². The number of rotatable bonds is 11. The van der Waals surface area contributed by atoms with Crippen molar-refractivity contribution in [3.05, 3.63) is 58.1 Å². The molecule has 0 saturated carbocycles. The van der Waals surface area contributed by atoms with Crippen molar-refractivity contribution in [3.8, 4) is 5.75 Å². The molecule has 2 atom stereocenters. The third kappa shape index (κ3) is 7.55. The van der Waals surface area contributed by atoms with Crippen molar-refractivity contribution in [3.63, 3.8) is 0 Å². The zero-order valence-electron chi connectivity index (χ0n) is 20.3. The number of hydrazone groups is 1. The molecule has 0 radical (unpaired) electrons. The quantitative estimate of drug-likeness (QED) is 0.351. The predicted octanol–water partition coefficient (Wildman–Crippen LogP) is 4.09. The lowest BCUT2D eigenvalue weighted by molar-refractivity contribution is -0.121. The third-order valence-corrected chi connectivity index (χ3v) is 6.33. The summed E-state index contributed by atoms with van der Waals surface area (Å²) in [5.74, 6) is 0.860. The summed E-state index contributed by atoms with van der Waals surface area (Å²) < 4.78 is 6.83. The summed E-state index contributed by atoms with van der Waals surface area (Å²) in [6.45, 7) is 9.61. The molecule has 1 aliphatic heterocycles. The Morgan fingerprint density at radius 1 is 1.26 bits per heavy atom. The molecule has 34 heavy (non-hydrogen) atoms. The van der Waals surface area contributed by atoms with Gasteiger partial charge in [-0.3, -0.25) is 4.79 Å². The smallest absolute Gasteiger partial charge is 0.240 e. The lowest BCUT2D eigenvalue weighted by atomic mass is 9.94. The lowest BCUT2D eigenvalue weighted by Gasteiger charge is -2.29. The number of amides is 1. The van der Waals surface area contributed by atoms with E-state index in [0.29, 0.717) is 19.5 Å². The zero-order chi connectivity index (χ0) is 24.7. The number of aliphatic hydroxyl groups is 1. The number of benzene rings is 2. The standard InChI is InChI=1S/C26H35BrN4O3/c1-5-18-6-9-20(27)13-23(18)34-15-22(32)14-29-26(3,4)16-28-21-10-7-19(8-11-21)25-17(2)12-24(33)30-31-25/h6-11,13,17,22,28-29,32H,5,12,14-16H2,1-4H3,(H,30,33)/t17-,22-/m0/s1. The second kappa shape index (κ2) is 11.8. The van der Waals surface area contributed by atoms with E-state index in [-0.39, 0.29) is 24.0 Å². The molecule has 8 heteroatoms. The number of carbonyl (C=O) groups is 1. The van der Waals surface area contributed by atoms with Crippen LogP contribution in [0.3, 0.4) is 0 Å². The van der Waals surface area contributed by atoms with Crippen LogP contribution in [0, 0.1) is 5.92 Å². The Morgan fingerprint density at radius 3 is 2.68 bits per heavy atom. The number of aliphatic hydroxyl groups excluding tert-OH is 1. The van der Waals surface area contributed by atoms with E-state index in [2.05, 4.69) is 57.9 Å². The molecule has 0 aromatic heterocycles. The van der Waals surface area contributed by atoms with Crippen molar-refractivity contribution >= 4 is 33.2 Å². The molecule has 0 bridgehead atoms. The van der Waals surface area contributed by atoms with Crippen molar-refractivity contribution < 1.29 is 14.6 Å². The van der Waals surface area contributed by atoms with Gasteiger partial charge in [-0.15, -0.1) is 0 Å². The van der Waals surface area contributed by atoms with Crippen LogP contribution in [-0.4, -0.2) is 48.1 Å². The van der Waals surface area contributed by atoms with Crippen LogP contribution < -0.4 is 20.8 Å². The monoisotopic (exact) mass is 530 g/mol. The topological polar surface area (TPSA) is 95.0 Å². The van der Waals surface area contributed by atoms with Crippen molar-refractivity contribution in [1.82, 2.24) is 10.7 Å². The summed E-state index contributed by atoms with van der Waals surface area (Å²) >= 11 is 3.47. The van der Waals surface area contributed by atoms with Gasteiger partial charge in [-0.1, -0.05) is 48.0 Å². The van der Waals surface area contributed by atoms with E-state index < -0.39 is 6.10 Å². The van der Waals surface area contributed by atoms with Crippen LogP contribution in [-0.2, 0) is 11.2 Å². The van der Waals surface area contributed by atoms with Gasteiger partial charge in [-0.05, 0) is 55.7 Å². The summed E-state index contributed by atoms with van der Waals surface area (Å²) in [5.41, 5.74) is 6.35. The van der Waals surface area contributed by atoms with E-state index in [1.165, 1.54) is 0 Å². The molecular weight excluding hydrogens is 496 g/mol. The Morgan fingerprint density at radius 2 is 2.00 bits per heavy atom. The maximum absolute atomic E-state index is 11.5. The van der Waals surface area contributed by atoms with Gasteiger partial charge in [0.15, 0.2) is 0 Å². The Hall–Kier alpha value is -2.42. The summed E-state index contributed by atoms with van der Waals surface area (Å²) in [7, 11) is 0. The second-order valence-corrected chi connectivity index (χ2v) is 10.3. The molecule has 2 aromatic carbocycles. The normalized spacial score (nSPS) is 17.1. The van der Waals surface area contributed by atoms with Crippen LogP contribution in [0.1, 0.15) is 45.2 Å². The fourth-order valence-corrected chi connectivity index (χ4v) is 4.08. The predicted molar refractivity (Wildman–Crippen MR) is 140 cm³/mol. The third-order valence-electron chi connectivity index (χ3n) is 5.83. The molecule has 2 aromatic rings. The number of β-amino-alcohol motifs (C(OH)–C–C–N with tert-alkyl or cyclic N) is 1. The van der Waals surface area contributed by atoms with Gasteiger partial charge in [0.25, 0.3) is 0 Å². The number of hydrogen-bond acceptors (Lipinski definition) is 6. The van der Waals surface area contributed by atoms with Gasteiger partial charge in [0.05, 0.1) is 5.71 Å². The number of aryl methyl sites for hydroxylation is 1. The maximum Gasteiger partial charge on any atom is 0.240 e. The fourth-order valence-electron chi connectivity index (χ4n) is 3.74. The lowest BCUT2D eigenvalue weighted by Crippen LogP contribution is -2.49. The minimum atomic E-state index is -0.624. The number of ether oxygens (including phenoxy) is 1. The van der Waals surface area contributed by atoms with E-state index >= 15 is 0 Å². The Bertz CT molecular complexity index is 1010. The molecule has 0 saturated heterocycles. The minimum absolute atomic E-state index is 0.0419. The number of anilines is 1. The molecule has 1 amide bonds. The molecule has 0 unspecified atom stereocenters. The number of halogens is 1. The molecule has 184 valence electrons. The summed E-state index contributed by atoms with van der Waals surface area (Å²) in [6.07, 6.45) is 0.708. The Labute approximate surface area is 210 Å². The average Bonchev–Trinajstić information content (AvgIpc) is 2.81. The van der Waals surface area contributed by atoms with E-state index in [1.54, 1.807) is 0 Å². The number of nitrogens with zero attached hydrogens (tertiary/aromatic N) is 1. The Kier molecular flexibility index (Phi) is 9.10. The van der Waals surface area contributed by atoms with Crippen LogP contribution in [0.4, 0.5) is 5.69 Å². The van der Waals surface area contributed by atoms with Crippen LogP contribution >= 0.6 is 15.9 Å². The first-order valence-corrected chi connectivity index (χ1v) is 12.5. The Balaban J connectivity index is 1.45. The summed E-state index contributed by atoms with van der Waals surface area (Å²) in [4.78, 5) is 11.5. The SMILES string of the molecule is CCc1ccc(Br)cc1OC[C@@H](O)CNC(C)(C)CNc1ccc(C2=NNC(=O)C[C@@H]2C)cc1. The van der Waals surface area contributed by atoms with E-state index in [1.807, 2.05) is 49.4 Å². The van der Waals surface area contributed by atoms with Gasteiger partial charge in [0, 0.05) is 41.1 Å². The van der Waals surface area contributed by atoms with Gasteiger partial charge >= 0.3 is 0 Å². The fraction of sp³-hybridized carbons (Fsp3) is 0.462. The van der Waals surface area contributed by atoms with Crippen molar-refractivity contribution in [1.29, 1.82) is 0 Å². The molecular formula is C26H35BrN4O3. The first-order valence-electron chi connectivity index (χ1n) is 11.7. The van der Waals surface area contributed by atoms with Gasteiger partial charge in [0.2, 0.25) is 5.91 Å². The van der Waals surface area contributed by atoms with Gasteiger partial charge in [0.1, 0.15) is 18.5 Å². The molecule has 1 aliphatic rings. The van der Waals surface area contributed by atoms with E-state index in [0.717, 1.165) is 39.2 Å². The van der Waals surface area contributed by atoms with Crippen LogP contribution in [0.2, 0.25) is 0 Å². The van der Waals surface area contributed by atoms with Crippen LogP contribution in [0.15, 0.2) is 52.0 Å². The summed E-state index contributed by atoms with van der Waals surface area (Å²) in [5, 5.41) is 21.5. The highest BCUT2D eigenvalue weighted by atomic mass is 79.9. The largest absolute Gasteiger partial charge is 0.491 e. The van der Waals surface area contributed by atoms with Crippen molar-refractivity contribution in [2.75, 3.05) is 25.0 Å². The first-order chi connectivity index (χ1) is 16.2. The highest BCUT2D eigenvalue weighted by Crippen LogP contribution is 2.24. The van der Waals surface area contributed by atoms with Gasteiger partial charge in [-0.25, -0.2) is 5.43 Å². The molecule has 0 aliphatic carbocycles. The zero-order valence-corrected chi connectivity index (χ0v) is 21.9. The first kappa shape index (κ1) is 26.2.